The molecule has 0 spiro atoms. The highest BCUT2D eigenvalue weighted by Gasteiger charge is 2.51. The second-order valence-corrected chi connectivity index (χ2v) is 13.7. The minimum Gasteiger partial charge on any atom is -0.504 e. The van der Waals surface area contributed by atoms with Crippen molar-refractivity contribution in [2.24, 2.45) is 22.4 Å². The number of nitrogens with two attached hydrogens (primary N) is 2. The number of likely N-dealkylation sites (tertiary alicyclic amines) is 1. The summed E-state index contributed by atoms with van der Waals surface area (Å²) in [4.78, 5) is 56.8. The molecule has 1 aromatic carbocycles. The molecule has 2 fully saturated rings. The maximum Gasteiger partial charge on any atom is 0.415 e. The Morgan fingerprint density at radius 3 is 2.30 bits per heavy atom. The first kappa shape index (κ1) is 42.7. The molecule has 1 aromatic rings. The Balaban J connectivity index is 0.000000399. The summed E-state index contributed by atoms with van der Waals surface area (Å²) in [5.74, 6) is 1.14. The number of ether oxygens (including phenoxy) is 3. The first-order valence-electron chi connectivity index (χ1n) is 18.4. The zero-order valence-corrected chi connectivity index (χ0v) is 32.4. The molecule has 4 amide bonds. The molecule has 2 saturated heterocycles. The first-order chi connectivity index (χ1) is 25.2. The van der Waals surface area contributed by atoms with Gasteiger partial charge in [-0.15, -0.1) is 0 Å². The number of piperidine rings is 1. The summed E-state index contributed by atoms with van der Waals surface area (Å²) in [6, 6.07) is 3.65. The second kappa shape index (κ2) is 19.9. The number of phenolic OH excluding ortho intramolecular Hbond substituents is 1. The summed E-state index contributed by atoms with van der Waals surface area (Å²) >= 11 is 0. The fraction of sp³-hybridized carbons (Fsp3) is 0.649. The number of carbonyl (C=O) groups excluding carboxylic acids is 4. The van der Waals surface area contributed by atoms with Crippen LogP contribution in [-0.2, 0) is 30.9 Å². The molecular formula is C37H60N8O8. The maximum absolute atomic E-state index is 13.1. The van der Waals surface area contributed by atoms with E-state index in [0.29, 0.717) is 76.1 Å². The predicted octanol–water partition coefficient (Wildman–Crippen LogP) is 2.42. The number of hydrogen-bond acceptors (Lipinski definition) is 10. The van der Waals surface area contributed by atoms with Crippen molar-refractivity contribution in [3.05, 3.63) is 35.1 Å². The number of guanidine groups is 1. The number of amides is 4. The van der Waals surface area contributed by atoms with E-state index in [1.54, 1.807) is 23.8 Å². The molecule has 0 aromatic heterocycles. The summed E-state index contributed by atoms with van der Waals surface area (Å²) in [5.41, 5.74) is 12.0. The highest BCUT2D eigenvalue weighted by Crippen LogP contribution is 2.55. The molecular weight excluding hydrogens is 684 g/mol. The van der Waals surface area contributed by atoms with E-state index in [9.17, 15) is 24.3 Å². The van der Waals surface area contributed by atoms with E-state index >= 15 is 0 Å². The Kier molecular flexibility index (Phi) is 16.0. The van der Waals surface area contributed by atoms with E-state index in [0.717, 1.165) is 36.9 Å². The van der Waals surface area contributed by atoms with Crippen molar-refractivity contribution in [2.45, 2.75) is 83.7 Å². The van der Waals surface area contributed by atoms with E-state index in [2.05, 4.69) is 47.5 Å². The standard InChI is InChI=1S/C28H41N3O6.C9H19N5O2/c1-6-20-8-11-23(35-5)25(32)24(20)28-12-13-29(4)19(3)22(28)10-9-21(18-28)37-27(34)31-16-14-30(15-17-31)26(33)36-7-2;1-6(15)14-7(8(16)12-2)4-3-5-13-9(10)11/h8-9,11,19,22,32H,6-7,10,12-18H2,1-5H3;7H,3-5H2,1-2H3,(H,12,16)(H,14,15)(H4,10,11,13)/t19?,22?,28-;/m0./s1. The van der Waals surface area contributed by atoms with Gasteiger partial charge in [-0.2, -0.15) is 0 Å². The number of benzene rings is 1. The molecule has 2 aliphatic heterocycles. The van der Waals surface area contributed by atoms with Gasteiger partial charge in [0.2, 0.25) is 11.8 Å². The van der Waals surface area contributed by atoms with Crippen LogP contribution in [0.3, 0.4) is 0 Å². The van der Waals surface area contributed by atoms with Crippen LogP contribution in [-0.4, -0.2) is 129 Å². The smallest absolute Gasteiger partial charge is 0.415 e. The number of aliphatic imine (C=N–C) groups is 1. The predicted molar refractivity (Wildman–Crippen MR) is 201 cm³/mol. The number of aryl methyl sites for hydroxylation is 1. The van der Waals surface area contributed by atoms with Gasteiger partial charge in [-0.3, -0.25) is 14.6 Å². The van der Waals surface area contributed by atoms with Gasteiger partial charge in [0.1, 0.15) is 11.8 Å². The summed E-state index contributed by atoms with van der Waals surface area (Å²) in [5, 5.41) is 16.4. The van der Waals surface area contributed by atoms with E-state index in [1.807, 2.05) is 12.1 Å². The van der Waals surface area contributed by atoms with Gasteiger partial charge < -0.3 is 56.1 Å². The van der Waals surface area contributed by atoms with Crippen LogP contribution in [0.2, 0.25) is 0 Å². The minimum absolute atomic E-state index is 0.0241. The molecule has 0 radical (unpaired) electrons. The number of fused-ring (bicyclic) bond motifs is 1. The summed E-state index contributed by atoms with van der Waals surface area (Å²) in [6.45, 7) is 10.8. The van der Waals surface area contributed by atoms with Crippen molar-refractivity contribution in [1.82, 2.24) is 25.3 Å². The highest BCUT2D eigenvalue weighted by atomic mass is 16.6. The van der Waals surface area contributed by atoms with Crippen molar-refractivity contribution in [1.29, 1.82) is 0 Å². The number of carbonyl (C=O) groups is 4. The van der Waals surface area contributed by atoms with Crippen molar-refractivity contribution in [3.63, 3.8) is 0 Å². The van der Waals surface area contributed by atoms with E-state index in [4.69, 9.17) is 25.7 Å². The monoisotopic (exact) mass is 744 g/mol. The third kappa shape index (κ3) is 10.9. The van der Waals surface area contributed by atoms with E-state index in [1.165, 1.54) is 14.0 Å². The fourth-order valence-corrected chi connectivity index (χ4v) is 7.58. The lowest BCUT2D eigenvalue weighted by atomic mass is 9.57. The van der Waals surface area contributed by atoms with Crippen LogP contribution in [0.4, 0.5) is 9.59 Å². The Morgan fingerprint density at radius 2 is 1.74 bits per heavy atom. The molecule has 4 rings (SSSR count). The van der Waals surface area contributed by atoms with E-state index < -0.39 is 12.1 Å². The SMILES string of the molecule is CCOC(=O)N1CCN(C(=O)OC2=CCC3C(C)N(C)CC[C@]3(c3c(CC)ccc(OC)c3O)C2)CC1.CNC(=O)C(CCCN=C(N)N)NC(C)=O. The summed E-state index contributed by atoms with van der Waals surface area (Å²) in [7, 11) is 5.25. The normalized spacial score (nSPS) is 21.8. The summed E-state index contributed by atoms with van der Waals surface area (Å²) in [6.07, 6.45) is 5.35. The number of phenols is 1. The van der Waals surface area contributed by atoms with Gasteiger partial charge >= 0.3 is 12.2 Å². The van der Waals surface area contributed by atoms with Gasteiger partial charge in [0.25, 0.3) is 0 Å². The van der Waals surface area contributed by atoms with Crippen LogP contribution < -0.4 is 26.8 Å². The molecule has 16 nitrogen and oxygen atoms in total. The Hall–Kier alpha value is -4.73. The lowest BCUT2D eigenvalue weighted by molar-refractivity contribution is -0.127. The molecule has 4 atom stereocenters. The molecule has 7 N–H and O–H groups in total. The van der Waals surface area contributed by atoms with Crippen molar-refractivity contribution >= 4 is 30.0 Å². The number of hydrogen-bond donors (Lipinski definition) is 5. The fourth-order valence-electron chi connectivity index (χ4n) is 7.58. The first-order valence-corrected chi connectivity index (χ1v) is 18.4. The molecule has 16 heteroatoms. The van der Waals surface area contributed by atoms with Crippen molar-refractivity contribution in [2.75, 3.05) is 67.1 Å². The summed E-state index contributed by atoms with van der Waals surface area (Å²) < 4.78 is 16.6. The number of aromatic hydroxyl groups is 1. The molecule has 296 valence electrons. The topological polar surface area (TPSA) is 214 Å². The molecule has 2 heterocycles. The number of methoxy groups -OCH3 is 1. The van der Waals surface area contributed by atoms with Crippen LogP contribution in [0.15, 0.2) is 29.0 Å². The number of nitrogens with zero attached hydrogens (tertiary/aromatic N) is 4. The van der Waals surface area contributed by atoms with Crippen molar-refractivity contribution < 1.29 is 38.5 Å². The lowest BCUT2D eigenvalue weighted by Gasteiger charge is -2.53. The number of likely N-dealkylation sites (N-methyl/N-ethyl adjacent to an activating group) is 1. The zero-order chi connectivity index (χ0) is 39.3. The molecule has 3 aliphatic rings. The van der Waals surface area contributed by atoms with Gasteiger partial charge in [0.15, 0.2) is 17.5 Å². The second-order valence-electron chi connectivity index (χ2n) is 13.7. The highest BCUT2D eigenvalue weighted by molar-refractivity contribution is 5.86. The minimum atomic E-state index is -0.531. The van der Waals surface area contributed by atoms with Gasteiger partial charge in [-0.25, -0.2) is 9.59 Å². The Morgan fingerprint density at radius 1 is 1.08 bits per heavy atom. The van der Waals surface area contributed by atoms with Gasteiger partial charge in [-0.05, 0) is 83.2 Å². The van der Waals surface area contributed by atoms with Gasteiger partial charge in [0.05, 0.1) is 13.7 Å². The third-order valence-corrected chi connectivity index (χ3v) is 10.5. The number of rotatable bonds is 11. The number of nitrogens with one attached hydrogen (secondary N) is 2. The third-order valence-electron chi connectivity index (χ3n) is 10.5. The molecule has 1 aliphatic carbocycles. The number of allylic oxidation sites excluding steroid dienone is 2. The van der Waals surface area contributed by atoms with Crippen LogP contribution in [0.5, 0.6) is 11.5 Å². The van der Waals surface area contributed by atoms with Gasteiger partial charge in [0, 0.05) is 70.1 Å². The van der Waals surface area contributed by atoms with Crippen molar-refractivity contribution in [3.8, 4) is 11.5 Å². The molecule has 0 saturated carbocycles. The van der Waals surface area contributed by atoms with E-state index in [-0.39, 0.29) is 40.9 Å². The number of piperazine rings is 1. The molecule has 3 unspecified atom stereocenters. The average molecular weight is 745 g/mol. The van der Waals surface area contributed by atoms with Crippen LogP contribution in [0.25, 0.3) is 0 Å². The van der Waals surface area contributed by atoms with Crippen LogP contribution >= 0.6 is 0 Å². The average Bonchev–Trinajstić information content (AvgIpc) is 3.14. The quantitative estimate of drug-likeness (QED) is 0.126. The van der Waals surface area contributed by atoms with Crippen LogP contribution in [0, 0.1) is 5.92 Å². The lowest BCUT2D eigenvalue weighted by Crippen LogP contribution is -2.55. The molecule has 53 heavy (non-hydrogen) atoms. The maximum atomic E-state index is 13.1. The largest absolute Gasteiger partial charge is 0.504 e. The molecule has 0 bridgehead atoms. The Labute approximate surface area is 313 Å². The van der Waals surface area contributed by atoms with Crippen LogP contribution in [0.1, 0.15) is 70.9 Å². The Bertz CT molecular complexity index is 1490. The van der Waals surface area contributed by atoms with Gasteiger partial charge in [-0.1, -0.05) is 13.0 Å². The zero-order valence-electron chi connectivity index (χ0n) is 32.4.